The van der Waals surface area contributed by atoms with Crippen LogP contribution in [0.5, 0.6) is 0 Å². The molecule has 0 amide bonds. The van der Waals surface area contributed by atoms with Gasteiger partial charge in [-0.25, -0.2) is 0 Å². The van der Waals surface area contributed by atoms with Crippen molar-refractivity contribution in [3.63, 3.8) is 0 Å². The number of hydrogen-bond acceptors (Lipinski definition) is 2. The zero-order valence-electron chi connectivity index (χ0n) is 67.3. The van der Waals surface area contributed by atoms with Crippen molar-refractivity contribution in [3.05, 3.63) is 97.3 Å². The van der Waals surface area contributed by atoms with E-state index in [0.29, 0.717) is 21.0 Å². The number of aryl methyl sites for hydroxylation is 6. The average Bonchev–Trinajstić information content (AvgIpc) is 1.18. The summed E-state index contributed by atoms with van der Waals surface area (Å²) in [6.45, 7) is 20.0. The summed E-state index contributed by atoms with van der Waals surface area (Å²) in [4.78, 5) is 31.6. The maximum atomic E-state index is 16.0. The second kappa shape index (κ2) is 56.6. The third kappa shape index (κ3) is 35.0. The molecule has 2 unspecified atom stereocenters. The first-order valence-electron chi connectivity index (χ1n) is 44.0. The number of aromatic nitrogens is 2. The molecule has 0 aliphatic rings. The summed E-state index contributed by atoms with van der Waals surface area (Å²) in [5, 5.41) is 0. The van der Waals surface area contributed by atoms with Gasteiger partial charge in [-0.2, -0.15) is 0 Å². The third-order valence-corrected chi connectivity index (χ3v) is 34.5. The van der Waals surface area contributed by atoms with Crippen LogP contribution in [-0.4, -0.2) is 79.0 Å². The summed E-state index contributed by atoms with van der Waals surface area (Å²) in [5.41, 5.74) is 7.27. The van der Waals surface area contributed by atoms with Gasteiger partial charge < -0.3 is 0 Å². The monoisotopic (exact) mass is 1760 g/mol. The van der Waals surface area contributed by atoms with Crippen molar-refractivity contribution >= 4 is 93.1 Å². The molecule has 0 aromatic carbocycles. The smallest absolute Gasteiger partial charge is 0.0654 e. The van der Waals surface area contributed by atoms with Gasteiger partial charge in [0.2, 0.25) is 0 Å². The molecule has 8 heteroatoms. The predicted molar refractivity (Wildman–Crippen MR) is 459 cm³/mol. The van der Waals surface area contributed by atoms with Crippen molar-refractivity contribution < 1.29 is 0 Å². The summed E-state index contributed by atoms with van der Waals surface area (Å²) in [5.74, 6) is 1.54. The zero-order chi connectivity index (χ0) is 72.5. The molecule has 0 aliphatic heterocycles. The molecular weight excluding hydrogens is 1600 g/mol. The molecule has 574 valence electrons. The van der Waals surface area contributed by atoms with E-state index in [2.05, 4.69) is 125 Å². The molecule has 0 radical (unpaired) electrons. The molecular formula is C94H152N2O2Se2Te2. The van der Waals surface area contributed by atoms with Crippen LogP contribution in [-0.2, 0) is 25.9 Å². The number of pyridine rings is 2. The minimum Gasteiger partial charge on any atom is -0.0654 e. The van der Waals surface area contributed by atoms with Gasteiger partial charge in [0.15, 0.2) is 0 Å². The quantitative estimate of drug-likeness (QED) is 0.0282. The Morgan fingerprint density at radius 1 is 0.333 bits per heavy atom. The van der Waals surface area contributed by atoms with Gasteiger partial charge in [-0.05, 0) is 0 Å². The fraction of sp³-hybridized carbons (Fsp3) is 0.723. The van der Waals surface area contributed by atoms with Crippen LogP contribution < -0.4 is 11.1 Å². The van der Waals surface area contributed by atoms with Crippen LogP contribution in [0.3, 0.4) is 0 Å². The van der Waals surface area contributed by atoms with E-state index < -0.39 is 40.9 Å². The number of fused-ring (bicyclic) bond motifs is 1. The van der Waals surface area contributed by atoms with Crippen LogP contribution >= 0.6 is 0 Å². The van der Waals surface area contributed by atoms with E-state index in [1.807, 2.05) is 0 Å². The van der Waals surface area contributed by atoms with Gasteiger partial charge in [-0.3, -0.25) is 0 Å². The first-order chi connectivity index (χ1) is 50.1. The van der Waals surface area contributed by atoms with Crippen LogP contribution in [0.25, 0.3) is 49.5 Å². The van der Waals surface area contributed by atoms with Crippen LogP contribution in [0, 0.1) is 25.7 Å². The van der Waals surface area contributed by atoms with Gasteiger partial charge in [0, 0.05) is 0 Å². The molecule has 0 aliphatic carbocycles. The summed E-state index contributed by atoms with van der Waals surface area (Å²) < 4.78 is 16.2. The minimum absolute atomic E-state index is 0.173. The molecule has 0 saturated carbocycles. The van der Waals surface area contributed by atoms with Gasteiger partial charge in [0.1, 0.15) is 0 Å². The van der Waals surface area contributed by atoms with E-state index in [-0.39, 0.29) is 25.6 Å². The van der Waals surface area contributed by atoms with E-state index in [4.69, 9.17) is 0 Å². The van der Waals surface area contributed by atoms with Gasteiger partial charge in [0.25, 0.3) is 0 Å². The van der Waals surface area contributed by atoms with Gasteiger partial charge in [-0.1, -0.05) is 207 Å². The van der Waals surface area contributed by atoms with Crippen LogP contribution in [0.4, 0.5) is 0 Å². The van der Waals surface area contributed by atoms with E-state index in [1.165, 1.54) is 342 Å². The Balaban J connectivity index is 1.32. The fourth-order valence-corrected chi connectivity index (χ4v) is 26.7. The van der Waals surface area contributed by atoms with Crippen LogP contribution in [0.1, 0.15) is 416 Å². The number of hydrogen-bond donors (Lipinski definition) is 0. The first-order valence-corrected chi connectivity index (χ1v) is 52.1. The van der Waals surface area contributed by atoms with Gasteiger partial charge in [0.05, 0.1) is 0 Å². The molecule has 0 fully saturated rings. The van der Waals surface area contributed by atoms with Gasteiger partial charge >= 0.3 is 458 Å². The average molecular weight is 1760 g/mol. The molecule has 6 aromatic rings. The topological polar surface area (TPSA) is 44.0 Å². The summed E-state index contributed by atoms with van der Waals surface area (Å²) in [6.07, 6.45) is 80.1. The second-order valence-corrected chi connectivity index (χ2v) is 43.5. The fourth-order valence-electron chi connectivity index (χ4n) is 16.2. The van der Waals surface area contributed by atoms with Crippen molar-refractivity contribution in [2.45, 2.75) is 428 Å². The number of unbranched alkanes of at least 4 members (excludes halogenated alkanes) is 40. The summed E-state index contributed by atoms with van der Waals surface area (Å²) in [7, 11) is 0. The molecule has 0 saturated heterocycles. The Bertz CT molecular complexity index is 3230. The van der Waals surface area contributed by atoms with Crippen molar-refractivity contribution in [2.75, 3.05) is 0 Å². The molecule has 0 spiro atoms. The predicted octanol–water partition coefficient (Wildman–Crippen LogP) is 28.7. The summed E-state index contributed by atoms with van der Waals surface area (Å²) in [6, 6.07) is 19.0. The van der Waals surface area contributed by atoms with Crippen LogP contribution in [0.2, 0.25) is 0 Å². The Morgan fingerprint density at radius 2 is 0.637 bits per heavy atom. The molecule has 0 N–H and O–H groups in total. The molecule has 6 rings (SSSR count). The Labute approximate surface area is 659 Å². The first kappa shape index (κ1) is 89.3. The Kier molecular flexibility index (Phi) is 49.6. The normalized spacial score (nSPS) is 12.6. The van der Waals surface area contributed by atoms with Crippen molar-refractivity contribution in [2.24, 2.45) is 11.8 Å². The minimum atomic E-state index is -0.870. The molecule has 4 nitrogen and oxygen atoms in total. The second-order valence-electron chi connectivity index (χ2n) is 31.8. The standard InChI is InChI=1S/C94H152N2O2Se2Te2/c1-9-15-21-27-31-35-37-41-45-49-59-79(57-47-43-39-33-29-23-17-11-3)61-53-55-71-95-86-76-84(91-69-70-92(102-91)89-74-82(64-52-26-20-14-6)88(100-89)67-66-87-81(73-77(7)99-87)63-51-25-19-13-5)94(98)96(85(86)75-83(93(95)97)90-68-65-78(8)101-90)72-56-54-62-80(58-48-44-40-34-30-24-18-12-4)60-50-46-42-38-36-32-28-22-16-10-2/h65-70,73-76,79-80H,9-64,71-72H2,1-8H3/b67-66+. The number of rotatable bonds is 65. The van der Waals surface area contributed by atoms with E-state index in [9.17, 15) is 0 Å². The van der Waals surface area contributed by atoms with E-state index in [1.54, 1.807) is 28.9 Å². The third-order valence-electron chi connectivity index (χ3n) is 22.6. The van der Waals surface area contributed by atoms with Crippen molar-refractivity contribution in [1.82, 2.24) is 9.13 Å². The zero-order valence-corrected chi connectivity index (χ0v) is 75.4. The SMILES string of the molecule is CCCCCCCCCCCCC(CCCCCCCCCC)CCCCn1c(=O)c(-c2ccc(C)[te]2)cc2c1cc(-c1ccc(-c3cc(CCCCCC)c(/C=C/c4[se]c(C)cc4CCCCCC)[se]3)[te]1)c(=O)n2CCCCC(CCCCCCCCCC)CCCCCCCCCCCC. The molecule has 6 heterocycles. The van der Waals surface area contributed by atoms with E-state index >= 15 is 9.59 Å². The van der Waals surface area contributed by atoms with Crippen LogP contribution in [0.15, 0.2) is 58.1 Å². The number of nitrogens with zero attached hydrogens (tertiary/aromatic N) is 2. The Morgan fingerprint density at radius 3 is 1.00 bits per heavy atom. The molecule has 102 heavy (non-hydrogen) atoms. The van der Waals surface area contributed by atoms with E-state index in [0.717, 1.165) is 72.6 Å². The Hall–Kier alpha value is -1.56. The molecule has 6 aromatic heterocycles. The van der Waals surface area contributed by atoms with Crippen molar-refractivity contribution in [3.8, 4) is 26.3 Å². The molecule has 0 bridgehead atoms. The molecule has 2 atom stereocenters. The van der Waals surface area contributed by atoms with Crippen molar-refractivity contribution in [1.29, 1.82) is 0 Å². The summed E-state index contributed by atoms with van der Waals surface area (Å²) >= 11 is -0.863. The maximum absolute atomic E-state index is 16.0. The van der Waals surface area contributed by atoms with Gasteiger partial charge in [-0.15, -0.1) is 0 Å².